The van der Waals surface area contributed by atoms with Crippen molar-refractivity contribution in [3.8, 4) is 0 Å². The van der Waals surface area contributed by atoms with E-state index in [1.165, 1.54) is 0 Å². The largest absolute Gasteiger partial charge is 0.475 e. The van der Waals surface area contributed by atoms with Crippen molar-refractivity contribution in [3.63, 3.8) is 0 Å². The monoisotopic (exact) mass is 392 g/mol. The van der Waals surface area contributed by atoms with E-state index in [1.54, 1.807) is 0 Å². The maximum absolute atomic E-state index is 12.8. The maximum Gasteiger partial charge on any atom is 0.371 e. The molecule has 2 aromatic rings. The third kappa shape index (κ3) is 3.88. The third-order valence-electron chi connectivity index (χ3n) is 4.58. The molecule has 1 aromatic heterocycles. The van der Waals surface area contributed by atoms with Gasteiger partial charge in [0.25, 0.3) is 10.0 Å². The molecule has 1 saturated heterocycles. The van der Waals surface area contributed by atoms with Crippen LogP contribution in [0.2, 0.25) is 0 Å². The van der Waals surface area contributed by atoms with Crippen molar-refractivity contribution < 1.29 is 27.5 Å². The Morgan fingerprint density at radius 3 is 2.67 bits per heavy atom. The van der Waals surface area contributed by atoms with Crippen molar-refractivity contribution >= 4 is 21.9 Å². The molecule has 1 aliphatic heterocycles. The van der Waals surface area contributed by atoms with Crippen LogP contribution < -0.4 is 5.32 Å². The van der Waals surface area contributed by atoms with Gasteiger partial charge in [-0.2, -0.15) is 4.31 Å². The Kier molecular flexibility index (Phi) is 5.33. The molecule has 2 heterocycles. The van der Waals surface area contributed by atoms with Gasteiger partial charge in [0.1, 0.15) is 6.04 Å². The molecule has 2 N–H and O–H groups in total. The second-order valence-corrected chi connectivity index (χ2v) is 8.16. The molecular weight excluding hydrogens is 372 g/mol. The number of furan rings is 1. The highest BCUT2D eigenvalue weighted by Gasteiger charge is 2.41. The van der Waals surface area contributed by atoms with E-state index in [4.69, 9.17) is 9.52 Å². The SMILES string of the molecule is Cc1ccccc1CNC(=O)C1CCCN1S(=O)(=O)c1ccc(C(=O)O)o1. The maximum atomic E-state index is 12.8. The fraction of sp³-hybridized carbons (Fsp3) is 0.333. The smallest absolute Gasteiger partial charge is 0.371 e. The molecule has 1 atom stereocenters. The number of hydrogen-bond donors (Lipinski definition) is 2. The molecular formula is C18H20N2O6S. The Labute approximate surface area is 156 Å². The van der Waals surface area contributed by atoms with Crippen LogP contribution in [-0.4, -0.2) is 42.3 Å². The zero-order valence-electron chi connectivity index (χ0n) is 14.7. The number of nitrogens with one attached hydrogen (secondary N) is 1. The number of carboxylic acids is 1. The van der Waals surface area contributed by atoms with Crippen LogP contribution in [0.25, 0.3) is 0 Å². The minimum atomic E-state index is -4.09. The van der Waals surface area contributed by atoms with Gasteiger partial charge in [0.2, 0.25) is 16.8 Å². The number of amides is 1. The van der Waals surface area contributed by atoms with Gasteiger partial charge in [0.05, 0.1) is 0 Å². The van der Waals surface area contributed by atoms with Crippen LogP contribution >= 0.6 is 0 Å². The van der Waals surface area contributed by atoms with E-state index in [9.17, 15) is 18.0 Å². The van der Waals surface area contributed by atoms with Crippen molar-refractivity contribution in [1.82, 2.24) is 9.62 Å². The quantitative estimate of drug-likeness (QED) is 0.774. The lowest BCUT2D eigenvalue weighted by atomic mass is 10.1. The topological polar surface area (TPSA) is 117 Å². The first-order chi connectivity index (χ1) is 12.8. The van der Waals surface area contributed by atoms with Gasteiger partial charge in [-0.15, -0.1) is 0 Å². The lowest BCUT2D eigenvalue weighted by Crippen LogP contribution is -2.45. The van der Waals surface area contributed by atoms with Crippen LogP contribution in [0.15, 0.2) is 45.9 Å². The second-order valence-electron chi connectivity index (χ2n) is 6.34. The van der Waals surface area contributed by atoms with Crippen LogP contribution in [-0.2, 0) is 21.4 Å². The molecule has 0 saturated carbocycles. The summed E-state index contributed by atoms with van der Waals surface area (Å²) in [4.78, 5) is 23.5. The highest BCUT2D eigenvalue weighted by atomic mass is 32.2. The number of carbonyl (C=O) groups excluding carboxylic acids is 1. The number of aryl methyl sites for hydroxylation is 1. The molecule has 1 fully saturated rings. The second kappa shape index (κ2) is 7.53. The summed E-state index contributed by atoms with van der Waals surface area (Å²) in [5.41, 5.74) is 1.99. The summed E-state index contributed by atoms with van der Waals surface area (Å²) in [5.74, 6) is -2.21. The van der Waals surface area contributed by atoms with E-state index in [0.717, 1.165) is 27.6 Å². The summed E-state index contributed by atoms with van der Waals surface area (Å²) >= 11 is 0. The van der Waals surface area contributed by atoms with Crippen LogP contribution in [0, 0.1) is 6.92 Å². The lowest BCUT2D eigenvalue weighted by molar-refractivity contribution is -0.124. The Hall–Kier alpha value is -2.65. The summed E-state index contributed by atoms with van der Waals surface area (Å²) < 4.78 is 31.6. The van der Waals surface area contributed by atoms with Crippen LogP contribution in [0.4, 0.5) is 0 Å². The van der Waals surface area contributed by atoms with Gasteiger partial charge >= 0.3 is 5.97 Å². The number of benzene rings is 1. The summed E-state index contributed by atoms with van der Waals surface area (Å²) in [6, 6.07) is 8.94. The van der Waals surface area contributed by atoms with Crippen LogP contribution in [0.5, 0.6) is 0 Å². The summed E-state index contributed by atoms with van der Waals surface area (Å²) in [5, 5.41) is 11.2. The van der Waals surface area contributed by atoms with Crippen molar-refractivity contribution in [2.24, 2.45) is 0 Å². The van der Waals surface area contributed by atoms with Crippen LogP contribution in [0.1, 0.15) is 34.5 Å². The lowest BCUT2D eigenvalue weighted by Gasteiger charge is -2.22. The highest BCUT2D eigenvalue weighted by molar-refractivity contribution is 7.89. The van der Waals surface area contributed by atoms with Gasteiger partial charge in [-0.3, -0.25) is 4.79 Å². The molecule has 144 valence electrons. The fourth-order valence-corrected chi connectivity index (χ4v) is 4.66. The predicted molar refractivity (Wildman–Crippen MR) is 95.6 cm³/mol. The summed E-state index contributed by atoms with van der Waals surface area (Å²) in [6.45, 7) is 2.42. The van der Waals surface area contributed by atoms with E-state index in [2.05, 4.69) is 5.32 Å². The molecule has 1 amide bonds. The molecule has 0 radical (unpaired) electrons. The standard InChI is InChI=1S/C18H20N2O6S/c1-12-5-2-3-6-13(12)11-19-17(21)14-7-4-10-20(14)27(24,25)16-9-8-15(26-16)18(22)23/h2-3,5-6,8-9,14H,4,7,10-11H2,1H3,(H,19,21)(H,22,23). The van der Waals surface area contributed by atoms with E-state index in [0.29, 0.717) is 19.4 Å². The average molecular weight is 392 g/mol. The Morgan fingerprint density at radius 2 is 2.00 bits per heavy atom. The van der Waals surface area contributed by atoms with Crippen molar-refractivity contribution in [2.45, 2.75) is 37.4 Å². The minimum Gasteiger partial charge on any atom is -0.475 e. The van der Waals surface area contributed by atoms with Gasteiger partial charge in [0.15, 0.2) is 0 Å². The Bertz CT molecular complexity index is 966. The number of carboxylic acid groups (broad SMARTS) is 1. The zero-order valence-corrected chi connectivity index (χ0v) is 15.5. The Balaban J connectivity index is 1.74. The first-order valence-corrected chi connectivity index (χ1v) is 9.92. The number of nitrogens with zero attached hydrogens (tertiary/aromatic N) is 1. The molecule has 3 rings (SSSR count). The molecule has 0 spiro atoms. The number of aromatic carboxylic acids is 1. The molecule has 27 heavy (non-hydrogen) atoms. The summed E-state index contributed by atoms with van der Waals surface area (Å²) in [6.07, 6.45) is 0.930. The molecule has 1 unspecified atom stereocenters. The number of rotatable bonds is 6. The van der Waals surface area contributed by atoms with Crippen molar-refractivity contribution in [1.29, 1.82) is 0 Å². The number of carbonyl (C=O) groups is 2. The number of hydrogen-bond acceptors (Lipinski definition) is 5. The molecule has 1 aromatic carbocycles. The van der Waals surface area contributed by atoms with E-state index in [1.807, 2.05) is 31.2 Å². The fourth-order valence-electron chi connectivity index (χ4n) is 3.09. The molecule has 0 aliphatic carbocycles. The van der Waals surface area contributed by atoms with Crippen LogP contribution in [0.3, 0.4) is 0 Å². The zero-order chi connectivity index (χ0) is 19.6. The Morgan fingerprint density at radius 1 is 1.26 bits per heavy atom. The molecule has 1 aliphatic rings. The highest BCUT2D eigenvalue weighted by Crippen LogP contribution is 2.27. The molecule has 0 bridgehead atoms. The molecule has 9 heteroatoms. The van der Waals surface area contributed by atoms with E-state index < -0.39 is 32.9 Å². The first kappa shape index (κ1) is 19.1. The number of sulfonamides is 1. The van der Waals surface area contributed by atoms with Gasteiger partial charge in [-0.05, 0) is 43.0 Å². The van der Waals surface area contributed by atoms with Gasteiger partial charge in [-0.1, -0.05) is 24.3 Å². The first-order valence-electron chi connectivity index (χ1n) is 8.48. The van der Waals surface area contributed by atoms with E-state index in [-0.39, 0.29) is 12.5 Å². The normalized spacial score (nSPS) is 17.7. The van der Waals surface area contributed by atoms with Gasteiger partial charge in [-0.25, -0.2) is 13.2 Å². The average Bonchev–Trinajstić information content (AvgIpc) is 3.30. The third-order valence-corrected chi connectivity index (χ3v) is 6.36. The van der Waals surface area contributed by atoms with Gasteiger partial charge in [0, 0.05) is 13.1 Å². The minimum absolute atomic E-state index is 0.174. The van der Waals surface area contributed by atoms with Gasteiger partial charge < -0.3 is 14.8 Å². The van der Waals surface area contributed by atoms with Crippen molar-refractivity contribution in [2.75, 3.05) is 6.54 Å². The van der Waals surface area contributed by atoms with E-state index >= 15 is 0 Å². The predicted octanol–water partition coefficient (Wildman–Crippen LogP) is 1.76. The molecule has 8 nitrogen and oxygen atoms in total. The summed E-state index contributed by atoms with van der Waals surface area (Å²) in [7, 11) is -4.09. The van der Waals surface area contributed by atoms with Crippen molar-refractivity contribution in [3.05, 3.63) is 53.3 Å².